The van der Waals surface area contributed by atoms with Gasteiger partial charge in [-0.1, -0.05) is 50.1 Å². The van der Waals surface area contributed by atoms with Crippen molar-refractivity contribution in [1.82, 2.24) is 9.62 Å². The van der Waals surface area contributed by atoms with Crippen LogP contribution in [0.25, 0.3) is 0 Å². The Bertz CT molecular complexity index is 472. The maximum Gasteiger partial charge on any atom is 0.214 e. The second kappa shape index (κ2) is 8.39. The van der Waals surface area contributed by atoms with Gasteiger partial charge in [0.15, 0.2) is 0 Å². The summed E-state index contributed by atoms with van der Waals surface area (Å²) in [6.45, 7) is 2.64. The summed E-state index contributed by atoms with van der Waals surface area (Å²) in [4.78, 5) is 0. The fraction of sp³-hybridized carbons (Fsp3) is 0.600. The van der Waals surface area contributed by atoms with Crippen molar-refractivity contribution in [1.29, 1.82) is 0 Å². The molecule has 1 rings (SSSR count). The number of unbranched alkanes of at least 4 members (excludes halogenated alkanes) is 1. The minimum Gasteiger partial charge on any atom is -0.309 e. The third kappa shape index (κ3) is 5.61. The van der Waals surface area contributed by atoms with E-state index in [1.54, 1.807) is 14.1 Å². The molecule has 0 aromatic heterocycles. The van der Waals surface area contributed by atoms with Gasteiger partial charge in [-0.15, -0.1) is 0 Å². The van der Waals surface area contributed by atoms with E-state index in [0.29, 0.717) is 6.54 Å². The molecule has 0 fully saturated rings. The molecule has 1 N–H and O–H groups in total. The number of benzene rings is 1. The van der Waals surface area contributed by atoms with Crippen molar-refractivity contribution < 1.29 is 8.42 Å². The van der Waals surface area contributed by atoms with Crippen LogP contribution in [0.4, 0.5) is 0 Å². The van der Waals surface area contributed by atoms with E-state index in [1.807, 2.05) is 18.2 Å². The van der Waals surface area contributed by atoms with E-state index in [0.717, 1.165) is 19.3 Å². The minimum atomic E-state index is -3.13. The standard InChI is InChI=1S/C15H26N2O2S/c1-4-5-11-15(14-9-7-6-8-10-14)16-12-13-20(18,19)17(2)3/h6-10,15-16H,4-5,11-13H2,1-3H3. The average Bonchev–Trinajstić information content (AvgIpc) is 2.43. The highest BCUT2D eigenvalue weighted by molar-refractivity contribution is 7.89. The highest BCUT2D eigenvalue weighted by Gasteiger charge is 2.15. The summed E-state index contributed by atoms with van der Waals surface area (Å²) in [6, 6.07) is 10.4. The molecule has 4 nitrogen and oxygen atoms in total. The van der Waals surface area contributed by atoms with Gasteiger partial charge < -0.3 is 5.32 Å². The quantitative estimate of drug-likeness (QED) is 0.761. The number of nitrogens with one attached hydrogen (secondary N) is 1. The number of hydrogen-bond donors (Lipinski definition) is 1. The second-order valence-corrected chi connectivity index (χ2v) is 7.46. The van der Waals surface area contributed by atoms with Crippen LogP contribution in [0.15, 0.2) is 30.3 Å². The van der Waals surface area contributed by atoms with Crippen LogP contribution in [0.5, 0.6) is 0 Å². The first-order valence-electron chi connectivity index (χ1n) is 7.16. The lowest BCUT2D eigenvalue weighted by Gasteiger charge is -2.20. The zero-order chi connectivity index (χ0) is 15.0. The van der Waals surface area contributed by atoms with Gasteiger partial charge in [-0.2, -0.15) is 0 Å². The Kier molecular flexibility index (Phi) is 7.19. The summed E-state index contributed by atoms with van der Waals surface area (Å²) >= 11 is 0. The predicted molar refractivity (Wildman–Crippen MR) is 84.2 cm³/mol. The number of sulfonamides is 1. The zero-order valence-electron chi connectivity index (χ0n) is 12.7. The van der Waals surface area contributed by atoms with Crippen molar-refractivity contribution in [3.05, 3.63) is 35.9 Å². The Morgan fingerprint density at radius 2 is 1.85 bits per heavy atom. The fourth-order valence-corrected chi connectivity index (χ4v) is 2.77. The summed E-state index contributed by atoms with van der Waals surface area (Å²) in [7, 11) is 0.0153. The molecule has 1 atom stereocenters. The molecule has 0 aliphatic heterocycles. The summed E-state index contributed by atoms with van der Waals surface area (Å²) in [6.07, 6.45) is 3.30. The van der Waals surface area contributed by atoms with Gasteiger partial charge in [-0.25, -0.2) is 12.7 Å². The topological polar surface area (TPSA) is 49.4 Å². The van der Waals surface area contributed by atoms with Crippen LogP contribution in [0, 0.1) is 0 Å². The summed E-state index contributed by atoms with van der Waals surface area (Å²) < 4.78 is 24.8. The van der Waals surface area contributed by atoms with E-state index < -0.39 is 10.0 Å². The summed E-state index contributed by atoms with van der Waals surface area (Å²) in [5, 5.41) is 3.38. The van der Waals surface area contributed by atoms with Crippen LogP contribution in [0.3, 0.4) is 0 Å². The van der Waals surface area contributed by atoms with E-state index in [2.05, 4.69) is 24.4 Å². The van der Waals surface area contributed by atoms with Gasteiger partial charge in [-0.05, 0) is 12.0 Å². The van der Waals surface area contributed by atoms with Crippen molar-refractivity contribution >= 4 is 10.0 Å². The number of hydrogen-bond acceptors (Lipinski definition) is 3. The highest BCUT2D eigenvalue weighted by atomic mass is 32.2. The van der Waals surface area contributed by atoms with Gasteiger partial charge in [0, 0.05) is 26.7 Å². The van der Waals surface area contributed by atoms with Gasteiger partial charge >= 0.3 is 0 Å². The molecule has 114 valence electrons. The third-order valence-corrected chi connectivity index (χ3v) is 5.19. The van der Waals surface area contributed by atoms with E-state index in [4.69, 9.17) is 0 Å². The lowest BCUT2D eigenvalue weighted by molar-refractivity contribution is 0.483. The Morgan fingerprint density at radius 3 is 2.40 bits per heavy atom. The van der Waals surface area contributed by atoms with Crippen LogP contribution in [0.2, 0.25) is 0 Å². The maximum absolute atomic E-state index is 11.7. The van der Waals surface area contributed by atoms with Crippen LogP contribution in [-0.4, -0.2) is 39.1 Å². The zero-order valence-corrected chi connectivity index (χ0v) is 13.5. The SMILES string of the molecule is CCCCC(NCCS(=O)(=O)N(C)C)c1ccccc1. The molecule has 0 heterocycles. The monoisotopic (exact) mass is 298 g/mol. The normalized spacial score (nSPS) is 13.6. The van der Waals surface area contributed by atoms with E-state index >= 15 is 0 Å². The molecule has 0 spiro atoms. The molecule has 0 radical (unpaired) electrons. The van der Waals surface area contributed by atoms with Gasteiger partial charge in [0.05, 0.1) is 5.75 Å². The maximum atomic E-state index is 11.7. The summed E-state index contributed by atoms with van der Waals surface area (Å²) in [5.74, 6) is 0.134. The van der Waals surface area contributed by atoms with Gasteiger partial charge in [-0.3, -0.25) is 0 Å². The lowest BCUT2D eigenvalue weighted by atomic mass is 10.0. The van der Waals surface area contributed by atoms with Crippen LogP contribution in [0.1, 0.15) is 37.8 Å². The van der Waals surface area contributed by atoms with E-state index in [9.17, 15) is 8.42 Å². The van der Waals surface area contributed by atoms with Crippen molar-refractivity contribution in [3.8, 4) is 0 Å². The van der Waals surface area contributed by atoms with Gasteiger partial charge in [0.1, 0.15) is 0 Å². The smallest absolute Gasteiger partial charge is 0.214 e. The Hall–Kier alpha value is -0.910. The van der Waals surface area contributed by atoms with Crippen molar-refractivity contribution in [2.24, 2.45) is 0 Å². The molecule has 0 saturated heterocycles. The number of nitrogens with zero attached hydrogens (tertiary/aromatic N) is 1. The van der Waals surface area contributed by atoms with Crippen molar-refractivity contribution in [3.63, 3.8) is 0 Å². The molecule has 0 bridgehead atoms. The van der Waals surface area contributed by atoms with Gasteiger partial charge in [0.2, 0.25) is 10.0 Å². The minimum absolute atomic E-state index is 0.134. The average molecular weight is 298 g/mol. The molecule has 1 unspecified atom stereocenters. The Balaban J connectivity index is 2.58. The van der Waals surface area contributed by atoms with E-state index in [1.165, 1.54) is 9.87 Å². The molecule has 20 heavy (non-hydrogen) atoms. The summed E-state index contributed by atoms with van der Waals surface area (Å²) in [5.41, 5.74) is 1.23. The van der Waals surface area contributed by atoms with Crippen molar-refractivity contribution in [2.75, 3.05) is 26.4 Å². The van der Waals surface area contributed by atoms with Crippen LogP contribution < -0.4 is 5.32 Å². The molecule has 1 aromatic carbocycles. The molecular formula is C15H26N2O2S. The molecule has 0 saturated carbocycles. The van der Waals surface area contributed by atoms with E-state index in [-0.39, 0.29) is 11.8 Å². The largest absolute Gasteiger partial charge is 0.309 e. The second-order valence-electron chi connectivity index (χ2n) is 5.16. The molecule has 0 amide bonds. The fourth-order valence-electron chi connectivity index (χ4n) is 2.02. The molecule has 5 heteroatoms. The lowest BCUT2D eigenvalue weighted by Crippen LogP contribution is -2.32. The Morgan fingerprint density at radius 1 is 1.20 bits per heavy atom. The first-order chi connectivity index (χ1) is 9.47. The Labute approximate surface area is 123 Å². The molecule has 1 aromatic rings. The van der Waals surface area contributed by atoms with Crippen LogP contribution >= 0.6 is 0 Å². The molecule has 0 aliphatic carbocycles. The molecular weight excluding hydrogens is 272 g/mol. The van der Waals surface area contributed by atoms with Gasteiger partial charge in [0.25, 0.3) is 0 Å². The van der Waals surface area contributed by atoms with Crippen molar-refractivity contribution in [2.45, 2.75) is 32.2 Å². The highest BCUT2D eigenvalue weighted by Crippen LogP contribution is 2.18. The third-order valence-electron chi connectivity index (χ3n) is 3.36. The van der Waals surface area contributed by atoms with Crippen LogP contribution in [-0.2, 0) is 10.0 Å². The number of rotatable bonds is 9. The predicted octanol–water partition coefficient (Wildman–Crippen LogP) is 2.40. The first kappa shape index (κ1) is 17.1. The molecule has 0 aliphatic rings. The first-order valence-corrected chi connectivity index (χ1v) is 8.77.